The van der Waals surface area contributed by atoms with Crippen molar-refractivity contribution in [3.05, 3.63) is 60.3 Å². The Hall–Kier alpha value is -2.92. The minimum absolute atomic E-state index is 0.0615. The molecule has 2 aromatic heterocycles. The van der Waals surface area contributed by atoms with Crippen LogP contribution < -0.4 is 4.72 Å². The van der Waals surface area contributed by atoms with Gasteiger partial charge in [0.25, 0.3) is 10.0 Å². The van der Waals surface area contributed by atoms with E-state index in [-0.39, 0.29) is 21.7 Å². The van der Waals surface area contributed by atoms with Gasteiger partial charge in [0.2, 0.25) is 5.95 Å². The van der Waals surface area contributed by atoms with E-state index >= 15 is 0 Å². The van der Waals surface area contributed by atoms with Gasteiger partial charge in [-0.05, 0) is 23.7 Å². The summed E-state index contributed by atoms with van der Waals surface area (Å²) in [6, 6.07) is 11.9. The number of halogens is 3. The van der Waals surface area contributed by atoms with Gasteiger partial charge in [-0.1, -0.05) is 36.4 Å². The molecule has 0 spiro atoms. The Morgan fingerprint density at radius 1 is 1.07 bits per heavy atom. The number of rotatable bonds is 4. The van der Waals surface area contributed by atoms with Gasteiger partial charge in [0, 0.05) is 22.7 Å². The number of anilines is 1. The predicted molar refractivity (Wildman–Crippen MR) is 99.5 cm³/mol. The van der Waals surface area contributed by atoms with Gasteiger partial charge in [-0.2, -0.15) is 22.5 Å². The third-order valence-electron chi connectivity index (χ3n) is 3.93. The molecule has 4 aromatic rings. The lowest BCUT2D eigenvalue weighted by Crippen LogP contribution is -2.13. The Morgan fingerprint density at radius 2 is 1.82 bits per heavy atom. The van der Waals surface area contributed by atoms with Crippen molar-refractivity contribution in [2.45, 2.75) is 11.1 Å². The van der Waals surface area contributed by atoms with Crippen LogP contribution in [0.1, 0.15) is 5.56 Å². The largest absolute Gasteiger partial charge is 0.416 e. The van der Waals surface area contributed by atoms with Gasteiger partial charge >= 0.3 is 6.18 Å². The summed E-state index contributed by atoms with van der Waals surface area (Å²) in [5.74, 6) is -0.106. The molecule has 2 N–H and O–H groups in total. The standard InChI is InChI=1S/C17H11F3N4O2S2/c18-17(19,20)11-6-7-12-13(8-11)21-9-14(12)28(25,26)24-16-22-15(27-23-16)10-4-2-1-3-5-10/h1-9,21H,(H,23,24). The van der Waals surface area contributed by atoms with Gasteiger partial charge in [-0.15, -0.1) is 0 Å². The van der Waals surface area contributed by atoms with E-state index < -0.39 is 21.8 Å². The van der Waals surface area contributed by atoms with Crippen LogP contribution in [-0.2, 0) is 16.2 Å². The van der Waals surface area contributed by atoms with Gasteiger partial charge in [-0.25, -0.2) is 13.1 Å². The number of sulfonamides is 1. The summed E-state index contributed by atoms with van der Waals surface area (Å²) in [7, 11) is -4.09. The van der Waals surface area contributed by atoms with Crippen LogP contribution in [0.4, 0.5) is 19.1 Å². The molecule has 0 aliphatic rings. The summed E-state index contributed by atoms with van der Waals surface area (Å²) >= 11 is 1.03. The van der Waals surface area contributed by atoms with E-state index in [9.17, 15) is 21.6 Å². The highest BCUT2D eigenvalue weighted by atomic mass is 32.2. The quantitative estimate of drug-likeness (QED) is 0.505. The zero-order valence-electron chi connectivity index (χ0n) is 13.9. The molecule has 2 heterocycles. The zero-order chi connectivity index (χ0) is 19.9. The number of nitrogens with one attached hydrogen (secondary N) is 2. The molecule has 4 rings (SSSR count). The first kappa shape index (κ1) is 18.4. The first-order valence-electron chi connectivity index (χ1n) is 7.84. The van der Waals surface area contributed by atoms with E-state index in [4.69, 9.17) is 0 Å². The lowest BCUT2D eigenvalue weighted by molar-refractivity contribution is -0.137. The maximum atomic E-state index is 12.8. The molecule has 0 atom stereocenters. The molecule has 11 heteroatoms. The molecule has 0 amide bonds. The molecule has 0 aliphatic heterocycles. The van der Waals surface area contributed by atoms with Crippen molar-refractivity contribution in [3.8, 4) is 10.6 Å². The first-order chi connectivity index (χ1) is 13.2. The van der Waals surface area contributed by atoms with Crippen LogP contribution in [0.5, 0.6) is 0 Å². The van der Waals surface area contributed by atoms with Gasteiger partial charge in [-0.3, -0.25) is 0 Å². The molecular formula is C17H11F3N4O2S2. The molecule has 0 saturated heterocycles. The van der Waals surface area contributed by atoms with E-state index in [2.05, 4.69) is 19.1 Å². The van der Waals surface area contributed by atoms with Crippen molar-refractivity contribution in [2.75, 3.05) is 4.72 Å². The van der Waals surface area contributed by atoms with Crippen LogP contribution in [-0.4, -0.2) is 22.8 Å². The third-order valence-corrected chi connectivity index (χ3v) is 6.07. The number of aromatic amines is 1. The molecule has 144 valence electrons. The molecular weight excluding hydrogens is 413 g/mol. The minimum Gasteiger partial charge on any atom is -0.360 e. The molecule has 0 saturated carbocycles. The number of benzene rings is 2. The van der Waals surface area contributed by atoms with E-state index in [0.717, 1.165) is 41.5 Å². The van der Waals surface area contributed by atoms with E-state index in [0.29, 0.717) is 5.01 Å². The van der Waals surface area contributed by atoms with Crippen LogP contribution in [0.25, 0.3) is 21.5 Å². The van der Waals surface area contributed by atoms with Gasteiger partial charge < -0.3 is 4.98 Å². The minimum atomic E-state index is -4.52. The molecule has 0 aliphatic carbocycles. The molecule has 0 fully saturated rings. The molecule has 0 radical (unpaired) electrons. The Labute approximate surface area is 161 Å². The van der Waals surface area contributed by atoms with Crippen molar-refractivity contribution < 1.29 is 21.6 Å². The summed E-state index contributed by atoms with van der Waals surface area (Å²) in [6.45, 7) is 0. The third kappa shape index (κ3) is 3.45. The number of hydrogen-bond donors (Lipinski definition) is 2. The maximum Gasteiger partial charge on any atom is 0.416 e. The maximum absolute atomic E-state index is 12.8. The number of hydrogen-bond acceptors (Lipinski definition) is 5. The Bertz CT molecular complexity index is 1250. The fourth-order valence-electron chi connectivity index (χ4n) is 2.64. The second-order valence-corrected chi connectivity index (χ2v) is 8.21. The lowest BCUT2D eigenvalue weighted by atomic mass is 10.1. The van der Waals surface area contributed by atoms with Crippen LogP contribution >= 0.6 is 11.5 Å². The van der Waals surface area contributed by atoms with Crippen LogP contribution in [0.2, 0.25) is 0 Å². The highest BCUT2D eigenvalue weighted by Crippen LogP contribution is 2.33. The second kappa shape index (κ2) is 6.60. The Balaban J connectivity index is 1.65. The van der Waals surface area contributed by atoms with E-state index in [1.54, 1.807) is 0 Å². The van der Waals surface area contributed by atoms with Crippen LogP contribution in [0.3, 0.4) is 0 Å². The Morgan fingerprint density at radius 3 is 2.54 bits per heavy atom. The molecule has 6 nitrogen and oxygen atoms in total. The van der Waals surface area contributed by atoms with Crippen LogP contribution in [0.15, 0.2) is 59.6 Å². The number of fused-ring (bicyclic) bond motifs is 1. The van der Waals surface area contributed by atoms with Gasteiger partial charge in [0.15, 0.2) is 0 Å². The highest BCUT2D eigenvalue weighted by molar-refractivity contribution is 7.93. The smallest absolute Gasteiger partial charge is 0.360 e. The fraction of sp³-hybridized carbons (Fsp3) is 0.0588. The monoisotopic (exact) mass is 424 g/mol. The van der Waals surface area contributed by atoms with E-state index in [1.807, 2.05) is 30.3 Å². The average molecular weight is 424 g/mol. The lowest BCUT2D eigenvalue weighted by Gasteiger charge is -2.07. The zero-order valence-corrected chi connectivity index (χ0v) is 15.5. The van der Waals surface area contributed by atoms with Crippen molar-refractivity contribution in [1.29, 1.82) is 0 Å². The predicted octanol–water partition coefficient (Wildman–Crippen LogP) is 4.51. The van der Waals surface area contributed by atoms with Crippen molar-refractivity contribution in [3.63, 3.8) is 0 Å². The van der Waals surface area contributed by atoms with Gasteiger partial charge in [0.1, 0.15) is 9.90 Å². The van der Waals surface area contributed by atoms with E-state index in [1.165, 1.54) is 0 Å². The molecule has 28 heavy (non-hydrogen) atoms. The molecule has 0 bridgehead atoms. The topological polar surface area (TPSA) is 87.7 Å². The summed E-state index contributed by atoms with van der Waals surface area (Å²) in [4.78, 5) is 6.54. The average Bonchev–Trinajstić information content (AvgIpc) is 3.28. The summed E-state index contributed by atoms with van der Waals surface area (Å²) in [5, 5.41) is 0.672. The fourth-order valence-corrected chi connectivity index (χ4v) is 4.45. The van der Waals surface area contributed by atoms with Crippen molar-refractivity contribution in [2.24, 2.45) is 0 Å². The number of alkyl halides is 3. The molecule has 0 unspecified atom stereocenters. The van der Waals surface area contributed by atoms with Crippen molar-refractivity contribution in [1.82, 2.24) is 14.3 Å². The SMILES string of the molecule is O=S(=O)(Nc1nsc(-c2ccccc2)n1)c1c[nH]c2cc(C(F)(F)F)ccc12. The van der Waals surface area contributed by atoms with Crippen molar-refractivity contribution >= 4 is 38.4 Å². The summed E-state index contributed by atoms with van der Waals surface area (Å²) in [5.41, 5.74) is -0.0175. The van der Waals surface area contributed by atoms with Gasteiger partial charge in [0.05, 0.1) is 5.56 Å². The Kier molecular flexibility index (Phi) is 4.35. The van der Waals surface area contributed by atoms with Crippen LogP contribution in [0, 0.1) is 0 Å². The summed E-state index contributed by atoms with van der Waals surface area (Å²) in [6.07, 6.45) is -3.38. The highest BCUT2D eigenvalue weighted by Gasteiger charge is 2.31. The normalized spacial score (nSPS) is 12.4. The summed E-state index contributed by atoms with van der Waals surface area (Å²) < 4.78 is 70.1. The number of H-pyrrole nitrogens is 1. The number of nitrogens with zero attached hydrogens (tertiary/aromatic N) is 2. The second-order valence-electron chi connectivity index (χ2n) is 5.81. The molecule has 2 aromatic carbocycles. The number of aromatic nitrogens is 3. The first-order valence-corrected chi connectivity index (χ1v) is 10.1.